The summed E-state index contributed by atoms with van der Waals surface area (Å²) in [6, 6.07) is -0.601. The summed E-state index contributed by atoms with van der Waals surface area (Å²) in [5.74, 6) is -2.14. The third-order valence-corrected chi connectivity index (χ3v) is 7.11. The van der Waals surface area contributed by atoms with Gasteiger partial charge in [0, 0.05) is 13.2 Å². The van der Waals surface area contributed by atoms with Gasteiger partial charge in [0.1, 0.15) is 18.2 Å². The van der Waals surface area contributed by atoms with E-state index in [9.17, 15) is 24.9 Å². The molecule has 6 atom stereocenters. The zero-order valence-electron chi connectivity index (χ0n) is 22.5. The fourth-order valence-corrected chi connectivity index (χ4v) is 4.82. The van der Waals surface area contributed by atoms with Crippen LogP contribution in [0.4, 0.5) is 0 Å². The number of rotatable bonds is 21. The van der Waals surface area contributed by atoms with Crippen LogP contribution in [0.2, 0.25) is 0 Å². The van der Waals surface area contributed by atoms with Gasteiger partial charge in [-0.3, -0.25) is 9.59 Å². The number of carboxylic acids is 1. The minimum Gasteiger partial charge on any atom is -0.480 e. The molecule has 1 saturated carbocycles. The third kappa shape index (κ3) is 12.8. The van der Waals surface area contributed by atoms with E-state index in [0.29, 0.717) is 39.0 Å². The molecule has 0 aromatic heterocycles. The van der Waals surface area contributed by atoms with Crippen molar-refractivity contribution in [3.63, 3.8) is 0 Å². The first-order valence-corrected chi connectivity index (χ1v) is 14.2. The first-order chi connectivity index (χ1) is 17.3. The average Bonchev–Trinajstić information content (AvgIpc) is 2.85. The van der Waals surface area contributed by atoms with Crippen LogP contribution < -0.4 is 10.6 Å². The number of nitrogens with one attached hydrogen (secondary N) is 2. The summed E-state index contributed by atoms with van der Waals surface area (Å²) in [4.78, 5) is 23.8. The summed E-state index contributed by atoms with van der Waals surface area (Å²) in [5, 5.41) is 45.8. The molecule has 1 amide bonds. The normalized spacial score (nSPS) is 25.0. The highest BCUT2D eigenvalue weighted by molar-refractivity contribution is 5.79. The number of aliphatic hydroxyl groups excluding tert-OH is 3. The zero-order chi connectivity index (χ0) is 26.8. The topological polar surface area (TPSA) is 148 Å². The predicted octanol–water partition coefficient (Wildman–Crippen LogP) is 2.74. The van der Waals surface area contributed by atoms with Crippen molar-refractivity contribution in [3.05, 3.63) is 0 Å². The van der Waals surface area contributed by atoms with Gasteiger partial charge in [0.15, 0.2) is 0 Å². The van der Waals surface area contributed by atoms with Crippen molar-refractivity contribution in [2.45, 2.75) is 134 Å². The first kappa shape index (κ1) is 32.8. The van der Waals surface area contributed by atoms with Gasteiger partial charge < -0.3 is 35.8 Å². The molecule has 0 aliphatic heterocycles. The Labute approximate surface area is 217 Å². The Morgan fingerprint density at radius 1 is 0.833 bits per heavy atom. The van der Waals surface area contributed by atoms with Crippen molar-refractivity contribution >= 4 is 11.9 Å². The van der Waals surface area contributed by atoms with Crippen LogP contribution in [0, 0.1) is 5.92 Å². The minimum atomic E-state index is -1.44. The second-order valence-electron chi connectivity index (χ2n) is 10.1. The molecule has 0 aromatic carbocycles. The van der Waals surface area contributed by atoms with E-state index in [1.165, 1.54) is 44.9 Å². The highest BCUT2D eigenvalue weighted by Crippen LogP contribution is 2.28. The summed E-state index contributed by atoms with van der Waals surface area (Å²) in [5.41, 5.74) is 0. The molecule has 0 saturated heterocycles. The quantitative estimate of drug-likeness (QED) is 0.128. The van der Waals surface area contributed by atoms with Crippen LogP contribution in [-0.2, 0) is 14.3 Å². The monoisotopic (exact) mass is 516 g/mol. The van der Waals surface area contributed by atoms with Crippen LogP contribution >= 0.6 is 0 Å². The van der Waals surface area contributed by atoms with Gasteiger partial charge in [0.2, 0.25) is 5.91 Å². The number of ether oxygens (including phenoxy) is 1. The first-order valence-electron chi connectivity index (χ1n) is 14.2. The van der Waals surface area contributed by atoms with E-state index >= 15 is 0 Å². The largest absolute Gasteiger partial charge is 0.480 e. The molecule has 0 unspecified atom stereocenters. The van der Waals surface area contributed by atoms with E-state index in [1.807, 2.05) is 6.92 Å². The molecule has 36 heavy (non-hydrogen) atoms. The second kappa shape index (κ2) is 19.8. The Morgan fingerprint density at radius 2 is 1.44 bits per heavy atom. The molecular formula is C27H52N2O7. The van der Waals surface area contributed by atoms with Gasteiger partial charge in [-0.05, 0) is 38.6 Å². The van der Waals surface area contributed by atoms with Gasteiger partial charge in [-0.2, -0.15) is 0 Å². The number of carbonyl (C=O) groups excluding carboxylic acids is 1. The number of likely N-dealkylation sites (N-methyl/N-ethyl adjacent to an activating group) is 1. The molecule has 1 rings (SSSR count). The van der Waals surface area contributed by atoms with Crippen molar-refractivity contribution < 1.29 is 34.8 Å². The van der Waals surface area contributed by atoms with Gasteiger partial charge in [-0.25, -0.2) is 0 Å². The number of aliphatic carboxylic acids is 1. The van der Waals surface area contributed by atoms with E-state index in [4.69, 9.17) is 9.84 Å². The van der Waals surface area contributed by atoms with Gasteiger partial charge >= 0.3 is 5.97 Å². The molecule has 6 N–H and O–H groups in total. The summed E-state index contributed by atoms with van der Waals surface area (Å²) < 4.78 is 5.82. The van der Waals surface area contributed by atoms with Crippen molar-refractivity contribution in [2.24, 2.45) is 5.92 Å². The Kier molecular flexibility index (Phi) is 18.0. The number of hydrogen-bond acceptors (Lipinski definition) is 7. The maximum atomic E-state index is 12.6. The number of amides is 1. The molecule has 1 aliphatic carbocycles. The number of carbonyl (C=O) groups is 2. The molecular weight excluding hydrogens is 464 g/mol. The number of unbranched alkanes of at least 4 members (excludes halogenated alkanes) is 10. The zero-order valence-corrected chi connectivity index (χ0v) is 22.5. The average molecular weight is 517 g/mol. The number of carboxylic acid groups (broad SMARTS) is 1. The van der Waals surface area contributed by atoms with Crippen LogP contribution in [0.3, 0.4) is 0 Å². The molecule has 1 fully saturated rings. The SMILES string of the molecule is CCCCCCCCCCCCO[C@@H]1C[C@H](C(=O)NCCCC[C@H](NCC)C(=O)O)[C@@H](O)[C@H](O)[C@H]1O. The molecule has 0 aromatic rings. The van der Waals surface area contributed by atoms with E-state index in [1.54, 1.807) is 0 Å². The fraction of sp³-hybridized carbons (Fsp3) is 0.926. The molecule has 9 heteroatoms. The Bertz CT molecular complexity index is 592. The number of hydrogen-bond donors (Lipinski definition) is 6. The van der Waals surface area contributed by atoms with Crippen LogP contribution in [-0.4, -0.2) is 82.5 Å². The van der Waals surface area contributed by atoms with Crippen LogP contribution in [0.5, 0.6) is 0 Å². The minimum absolute atomic E-state index is 0.143. The second-order valence-corrected chi connectivity index (χ2v) is 10.1. The van der Waals surface area contributed by atoms with Crippen molar-refractivity contribution in [2.75, 3.05) is 19.7 Å². The summed E-state index contributed by atoms with van der Waals surface area (Å²) in [6.45, 7) is 5.45. The van der Waals surface area contributed by atoms with Crippen LogP contribution in [0.25, 0.3) is 0 Å². The smallest absolute Gasteiger partial charge is 0.320 e. The van der Waals surface area contributed by atoms with Gasteiger partial charge in [-0.1, -0.05) is 71.6 Å². The highest BCUT2D eigenvalue weighted by atomic mass is 16.5. The van der Waals surface area contributed by atoms with E-state index in [2.05, 4.69) is 17.6 Å². The van der Waals surface area contributed by atoms with Gasteiger partial charge in [-0.15, -0.1) is 0 Å². The summed E-state index contributed by atoms with van der Waals surface area (Å²) in [6.07, 6.45) is 9.19. The van der Waals surface area contributed by atoms with Crippen LogP contribution in [0.15, 0.2) is 0 Å². The molecule has 9 nitrogen and oxygen atoms in total. The molecule has 1 aliphatic rings. The lowest BCUT2D eigenvalue weighted by molar-refractivity contribution is -0.179. The third-order valence-electron chi connectivity index (χ3n) is 7.11. The molecule has 0 bridgehead atoms. The Hall–Kier alpha value is -1.26. The highest BCUT2D eigenvalue weighted by Gasteiger charge is 2.46. The van der Waals surface area contributed by atoms with Gasteiger partial charge in [0.05, 0.1) is 18.1 Å². The lowest BCUT2D eigenvalue weighted by Gasteiger charge is -2.39. The van der Waals surface area contributed by atoms with Crippen LogP contribution in [0.1, 0.15) is 104 Å². The molecule has 0 spiro atoms. The maximum absolute atomic E-state index is 12.6. The lowest BCUT2D eigenvalue weighted by atomic mass is 9.80. The fourth-order valence-electron chi connectivity index (χ4n) is 4.82. The standard InChI is InChI=1S/C27H52N2O7/c1-3-5-6-7-8-9-10-11-12-15-18-36-22-19-20(23(30)25(32)24(22)31)26(33)29-17-14-13-16-21(27(34)35)28-4-2/h20-25,28,30-32H,3-19H2,1-2H3,(H,29,33)(H,34,35)/t20-,21-,22+,23+,24-,25-/m0/s1. The molecule has 0 heterocycles. The Morgan fingerprint density at radius 3 is 2.03 bits per heavy atom. The van der Waals surface area contributed by atoms with E-state index in [-0.39, 0.29) is 12.3 Å². The number of aliphatic hydroxyl groups is 3. The van der Waals surface area contributed by atoms with E-state index in [0.717, 1.165) is 19.3 Å². The summed E-state index contributed by atoms with van der Waals surface area (Å²) >= 11 is 0. The lowest BCUT2D eigenvalue weighted by Crippen LogP contribution is -2.57. The molecule has 0 radical (unpaired) electrons. The Balaban J connectivity index is 2.28. The van der Waals surface area contributed by atoms with Crippen molar-refractivity contribution in [1.82, 2.24) is 10.6 Å². The van der Waals surface area contributed by atoms with Crippen molar-refractivity contribution in [1.29, 1.82) is 0 Å². The molecule has 212 valence electrons. The van der Waals surface area contributed by atoms with E-state index < -0.39 is 42.3 Å². The summed E-state index contributed by atoms with van der Waals surface area (Å²) in [7, 11) is 0. The maximum Gasteiger partial charge on any atom is 0.320 e. The van der Waals surface area contributed by atoms with Crippen molar-refractivity contribution in [3.8, 4) is 0 Å². The predicted molar refractivity (Wildman–Crippen MR) is 140 cm³/mol. The van der Waals surface area contributed by atoms with Gasteiger partial charge in [0.25, 0.3) is 0 Å².